The first-order chi connectivity index (χ1) is 8.95. The lowest BCUT2D eigenvalue weighted by Crippen LogP contribution is -1.93. The van der Waals surface area contributed by atoms with Gasteiger partial charge in [-0.05, 0) is 66.0 Å². The highest BCUT2D eigenvalue weighted by Crippen LogP contribution is 2.45. The third-order valence-corrected chi connectivity index (χ3v) is 4.32. The highest BCUT2D eigenvalue weighted by atomic mass is 79.9. The second kappa shape index (κ2) is 5.56. The molecule has 5 nitrogen and oxygen atoms in total. The van der Waals surface area contributed by atoms with Gasteiger partial charge in [-0.2, -0.15) is 0 Å². The Balaban J connectivity index is 2.72. The van der Waals surface area contributed by atoms with Crippen LogP contribution in [0.25, 0.3) is 11.3 Å². The van der Waals surface area contributed by atoms with Crippen molar-refractivity contribution < 1.29 is 14.1 Å². The fourth-order valence-electron chi connectivity index (χ4n) is 1.52. The molecule has 0 saturated heterocycles. The molecule has 19 heavy (non-hydrogen) atoms. The van der Waals surface area contributed by atoms with Crippen molar-refractivity contribution in [2.45, 2.75) is 0 Å². The van der Waals surface area contributed by atoms with E-state index in [9.17, 15) is 14.9 Å². The fraction of sp³-hybridized carbons (Fsp3) is 0. The lowest BCUT2D eigenvalue weighted by atomic mass is 10.1. The van der Waals surface area contributed by atoms with Gasteiger partial charge in [0, 0.05) is 4.47 Å². The van der Waals surface area contributed by atoms with Gasteiger partial charge in [0.15, 0.2) is 12.0 Å². The maximum atomic E-state index is 11.0. The summed E-state index contributed by atoms with van der Waals surface area (Å²) in [4.78, 5) is 21.2. The Labute approximate surface area is 132 Å². The molecule has 0 saturated carbocycles. The standard InChI is InChI=1S/C11H4Br3NO4/c12-6-3-7(13)11(15(17)18)10(14)9(6)8-2-1-5(4-16)19-8/h1-4H. The molecule has 98 valence electrons. The van der Waals surface area contributed by atoms with Gasteiger partial charge in [0.25, 0.3) is 5.69 Å². The molecule has 0 atom stereocenters. The average Bonchev–Trinajstić information content (AvgIpc) is 2.76. The monoisotopic (exact) mass is 451 g/mol. The summed E-state index contributed by atoms with van der Waals surface area (Å²) in [6.45, 7) is 0. The molecule has 0 fully saturated rings. The smallest absolute Gasteiger partial charge is 0.298 e. The number of hydrogen-bond donors (Lipinski definition) is 0. The third kappa shape index (κ3) is 2.65. The van der Waals surface area contributed by atoms with Crippen LogP contribution in [0.2, 0.25) is 0 Å². The molecule has 0 N–H and O–H groups in total. The van der Waals surface area contributed by atoms with Crippen LogP contribution in [-0.4, -0.2) is 11.2 Å². The first-order valence-corrected chi connectivity index (χ1v) is 7.21. The molecule has 8 heteroatoms. The van der Waals surface area contributed by atoms with Crippen molar-refractivity contribution in [3.05, 3.63) is 47.5 Å². The normalized spacial score (nSPS) is 10.5. The third-order valence-electron chi connectivity index (χ3n) is 2.32. The zero-order chi connectivity index (χ0) is 14.2. The summed E-state index contributed by atoms with van der Waals surface area (Å²) in [5.74, 6) is 0.510. The number of rotatable bonds is 3. The SMILES string of the molecule is O=Cc1ccc(-c2c(Br)cc(Br)c([N+](=O)[O-])c2Br)o1. The van der Waals surface area contributed by atoms with Gasteiger partial charge in [0.2, 0.25) is 0 Å². The van der Waals surface area contributed by atoms with E-state index in [1.54, 1.807) is 12.1 Å². The average molecular weight is 454 g/mol. The fourth-order valence-corrected chi connectivity index (χ4v) is 4.32. The second-order valence-corrected chi connectivity index (χ2v) is 5.96. The van der Waals surface area contributed by atoms with E-state index >= 15 is 0 Å². The van der Waals surface area contributed by atoms with Crippen molar-refractivity contribution in [2.24, 2.45) is 0 Å². The molecule has 1 aromatic carbocycles. The van der Waals surface area contributed by atoms with Crippen LogP contribution in [0.4, 0.5) is 5.69 Å². The molecule has 2 rings (SSSR count). The van der Waals surface area contributed by atoms with Crippen LogP contribution in [0.3, 0.4) is 0 Å². The summed E-state index contributed by atoms with van der Waals surface area (Å²) in [6, 6.07) is 4.63. The number of halogens is 3. The Hall–Kier alpha value is -0.990. The Morgan fingerprint density at radius 3 is 2.42 bits per heavy atom. The Morgan fingerprint density at radius 1 is 1.21 bits per heavy atom. The molecule has 0 aliphatic heterocycles. The van der Waals surface area contributed by atoms with Gasteiger partial charge < -0.3 is 4.42 Å². The van der Waals surface area contributed by atoms with Crippen molar-refractivity contribution in [1.82, 2.24) is 0 Å². The number of nitro groups is 1. The number of hydrogen-bond acceptors (Lipinski definition) is 4. The van der Waals surface area contributed by atoms with Crippen molar-refractivity contribution in [1.29, 1.82) is 0 Å². The summed E-state index contributed by atoms with van der Waals surface area (Å²) in [5.41, 5.74) is 0.366. The van der Waals surface area contributed by atoms with Crippen LogP contribution in [0.5, 0.6) is 0 Å². The van der Waals surface area contributed by atoms with E-state index in [4.69, 9.17) is 4.42 Å². The maximum absolute atomic E-state index is 11.0. The molecule has 0 aliphatic rings. The predicted molar refractivity (Wildman–Crippen MR) is 79.3 cm³/mol. The quantitative estimate of drug-likeness (QED) is 0.374. The number of aldehydes is 1. The first-order valence-electron chi connectivity index (χ1n) is 4.83. The first kappa shape index (κ1) is 14.4. The maximum Gasteiger partial charge on any atom is 0.298 e. The van der Waals surface area contributed by atoms with Crippen molar-refractivity contribution in [3.63, 3.8) is 0 Å². The van der Waals surface area contributed by atoms with E-state index in [-0.39, 0.29) is 15.9 Å². The predicted octanol–water partition coefficient (Wildman–Crippen LogP) is 4.95. The van der Waals surface area contributed by atoms with Crippen molar-refractivity contribution in [3.8, 4) is 11.3 Å². The van der Waals surface area contributed by atoms with Crippen LogP contribution in [0, 0.1) is 10.1 Å². The summed E-state index contributed by atoms with van der Waals surface area (Å²) >= 11 is 9.66. The molecule has 1 heterocycles. The molecule has 0 amide bonds. The number of benzene rings is 1. The lowest BCUT2D eigenvalue weighted by Gasteiger charge is -2.07. The topological polar surface area (TPSA) is 73.3 Å². The number of furan rings is 1. The molecule has 0 unspecified atom stereocenters. The van der Waals surface area contributed by atoms with Gasteiger partial charge in [-0.15, -0.1) is 0 Å². The van der Waals surface area contributed by atoms with Crippen LogP contribution >= 0.6 is 47.8 Å². The zero-order valence-electron chi connectivity index (χ0n) is 9.02. The minimum Gasteiger partial charge on any atom is -0.453 e. The second-order valence-electron chi connectivity index (χ2n) is 3.45. The van der Waals surface area contributed by atoms with Crippen LogP contribution < -0.4 is 0 Å². The minimum absolute atomic E-state index is 0.109. The highest BCUT2D eigenvalue weighted by Gasteiger charge is 2.25. The van der Waals surface area contributed by atoms with Gasteiger partial charge in [-0.1, -0.05) is 0 Å². The minimum atomic E-state index is -0.506. The molecule has 0 bridgehead atoms. The van der Waals surface area contributed by atoms with E-state index in [1.165, 1.54) is 6.07 Å². The van der Waals surface area contributed by atoms with Gasteiger partial charge >= 0.3 is 0 Å². The number of carbonyl (C=O) groups is 1. The Morgan fingerprint density at radius 2 is 1.89 bits per heavy atom. The Kier molecular flexibility index (Phi) is 4.22. The van der Waals surface area contributed by atoms with Gasteiger partial charge in [0.1, 0.15) is 10.2 Å². The molecular formula is C11H4Br3NO4. The summed E-state index contributed by atoms with van der Waals surface area (Å²) < 4.78 is 6.49. The molecule has 0 spiro atoms. The summed E-state index contributed by atoms with van der Waals surface area (Å²) in [6.07, 6.45) is 0.568. The van der Waals surface area contributed by atoms with E-state index < -0.39 is 4.92 Å². The van der Waals surface area contributed by atoms with E-state index in [0.717, 1.165) is 0 Å². The van der Waals surface area contributed by atoms with Crippen molar-refractivity contribution in [2.75, 3.05) is 0 Å². The summed E-state index contributed by atoms with van der Waals surface area (Å²) in [5, 5.41) is 11.0. The van der Waals surface area contributed by atoms with E-state index in [0.29, 0.717) is 26.6 Å². The van der Waals surface area contributed by atoms with Crippen LogP contribution in [-0.2, 0) is 0 Å². The number of nitro benzene ring substituents is 1. The van der Waals surface area contributed by atoms with Gasteiger partial charge in [0.05, 0.1) is 15.0 Å². The molecular weight excluding hydrogens is 450 g/mol. The lowest BCUT2D eigenvalue weighted by molar-refractivity contribution is -0.386. The van der Waals surface area contributed by atoms with Crippen LogP contribution in [0.1, 0.15) is 10.6 Å². The highest BCUT2D eigenvalue weighted by molar-refractivity contribution is 9.11. The van der Waals surface area contributed by atoms with Gasteiger partial charge in [-0.3, -0.25) is 14.9 Å². The van der Waals surface area contributed by atoms with Gasteiger partial charge in [-0.25, -0.2) is 0 Å². The molecule has 2 aromatic rings. The summed E-state index contributed by atoms with van der Waals surface area (Å²) in [7, 11) is 0. The molecule has 0 aliphatic carbocycles. The molecule has 1 aromatic heterocycles. The van der Waals surface area contributed by atoms with Crippen molar-refractivity contribution >= 4 is 59.8 Å². The largest absolute Gasteiger partial charge is 0.453 e. The number of carbonyl (C=O) groups excluding carboxylic acids is 1. The van der Waals surface area contributed by atoms with Crippen LogP contribution in [0.15, 0.2) is 36.0 Å². The molecule has 0 radical (unpaired) electrons. The van der Waals surface area contributed by atoms with E-state index in [1.807, 2.05) is 0 Å². The van der Waals surface area contributed by atoms with E-state index in [2.05, 4.69) is 47.8 Å². The zero-order valence-corrected chi connectivity index (χ0v) is 13.8. The Bertz CT molecular complexity index is 681. The number of nitrogens with zero attached hydrogens (tertiary/aromatic N) is 1.